The maximum absolute atomic E-state index is 12.7. The normalized spacial score (nSPS) is 14.3. The zero-order chi connectivity index (χ0) is 32.4. The summed E-state index contributed by atoms with van der Waals surface area (Å²) in [5, 5.41) is 0. The molecule has 0 aliphatic heterocycles. The van der Waals surface area contributed by atoms with Crippen LogP contribution in [-0.4, -0.2) is 61.5 Å². The second-order valence-electron chi connectivity index (χ2n) is 10.5. The van der Waals surface area contributed by atoms with E-state index in [1.807, 2.05) is 20.8 Å². The van der Waals surface area contributed by atoms with Gasteiger partial charge < -0.3 is 38.9 Å². The van der Waals surface area contributed by atoms with Crippen LogP contribution in [0, 0.1) is 0 Å². The lowest BCUT2D eigenvalue weighted by Crippen LogP contribution is -2.39. The summed E-state index contributed by atoms with van der Waals surface area (Å²) in [5.41, 5.74) is 6.59. The monoisotopic (exact) mass is 611 g/mol. The molecule has 0 heterocycles. The highest BCUT2D eigenvalue weighted by Crippen LogP contribution is 2.30. The average Bonchev–Trinajstić information content (AvgIpc) is 2.92. The van der Waals surface area contributed by atoms with Crippen LogP contribution < -0.4 is 15.2 Å². The predicted octanol–water partition coefficient (Wildman–Crippen LogP) is 6.63. The number of benzene rings is 1. The van der Waals surface area contributed by atoms with Crippen LogP contribution in [0.5, 0.6) is 11.5 Å². The Labute approximate surface area is 254 Å². The summed E-state index contributed by atoms with van der Waals surface area (Å²) in [4.78, 5) is 49.3. The Morgan fingerprint density at radius 2 is 1.26 bits per heavy atom. The summed E-state index contributed by atoms with van der Waals surface area (Å²) in [5.74, 6) is -0.919. The van der Waals surface area contributed by atoms with Gasteiger partial charge in [-0.05, 0) is 71.1 Å². The highest BCUT2D eigenvalue weighted by molar-refractivity contribution is 5.76. The number of ether oxygens (including phenoxy) is 7. The second kappa shape index (κ2) is 20.4. The van der Waals surface area contributed by atoms with Crippen molar-refractivity contribution in [3.63, 3.8) is 0 Å². The van der Waals surface area contributed by atoms with Crippen molar-refractivity contribution in [1.82, 2.24) is 0 Å². The molecule has 2 N–H and O–H groups in total. The van der Waals surface area contributed by atoms with Crippen molar-refractivity contribution in [2.24, 2.45) is 5.73 Å². The Morgan fingerprint density at radius 1 is 0.698 bits per heavy atom. The largest absolute Gasteiger partial charge is 0.514 e. The first-order valence-corrected chi connectivity index (χ1v) is 15.1. The SMILES string of the molecule is CCCCCOC(=O)O[C@@H](C)[C@H](C)OC(=O)[C@@H](N)Cc1ccc(OC(=O)OC(C)CCC)c(OC(=O)OC(C)CCC)c1. The molecule has 0 amide bonds. The minimum absolute atomic E-state index is 0.00380. The Hall–Kier alpha value is -3.54. The second-order valence-corrected chi connectivity index (χ2v) is 10.5. The van der Waals surface area contributed by atoms with Gasteiger partial charge in [-0.2, -0.15) is 0 Å². The molecular weight excluding hydrogens is 562 g/mol. The number of nitrogens with two attached hydrogens (primary N) is 1. The fraction of sp³-hybridized carbons (Fsp3) is 0.677. The molecule has 0 aromatic heterocycles. The first-order valence-electron chi connectivity index (χ1n) is 15.1. The number of unbranched alkanes of at least 4 members (excludes halogenated alkanes) is 2. The number of esters is 1. The summed E-state index contributed by atoms with van der Waals surface area (Å²) in [6.45, 7) is 12.8. The van der Waals surface area contributed by atoms with E-state index in [4.69, 9.17) is 38.9 Å². The number of hydrogen-bond acceptors (Lipinski definition) is 12. The maximum Gasteiger partial charge on any atom is 0.514 e. The molecule has 0 radical (unpaired) electrons. The van der Waals surface area contributed by atoms with E-state index in [9.17, 15) is 19.2 Å². The van der Waals surface area contributed by atoms with E-state index >= 15 is 0 Å². The lowest BCUT2D eigenvalue weighted by Gasteiger charge is -2.22. The quantitative estimate of drug-likeness (QED) is 0.0818. The van der Waals surface area contributed by atoms with Crippen LogP contribution in [0.25, 0.3) is 0 Å². The maximum atomic E-state index is 12.7. The van der Waals surface area contributed by atoms with Crippen molar-refractivity contribution >= 4 is 24.4 Å². The number of rotatable bonds is 18. The van der Waals surface area contributed by atoms with Gasteiger partial charge in [-0.15, -0.1) is 0 Å². The third kappa shape index (κ3) is 15.5. The molecule has 43 heavy (non-hydrogen) atoms. The minimum Gasteiger partial charge on any atom is -0.458 e. The van der Waals surface area contributed by atoms with Crippen LogP contribution in [0.2, 0.25) is 0 Å². The van der Waals surface area contributed by atoms with E-state index in [1.54, 1.807) is 33.8 Å². The molecule has 1 rings (SSSR count). The van der Waals surface area contributed by atoms with Crippen molar-refractivity contribution in [3.8, 4) is 11.5 Å². The Kier molecular flexibility index (Phi) is 17.8. The zero-order valence-electron chi connectivity index (χ0n) is 26.6. The molecular formula is C31H49NO11. The smallest absolute Gasteiger partial charge is 0.458 e. The van der Waals surface area contributed by atoms with Gasteiger partial charge >= 0.3 is 24.4 Å². The van der Waals surface area contributed by atoms with Crippen LogP contribution in [0.15, 0.2) is 18.2 Å². The van der Waals surface area contributed by atoms with E-state index in [0.717, 1.165) is 32.1 Å². The lowest BCUT2D eigenvalue weighted by molar-refractivity contribution is -0.155. The molecule has 0 aliphatic rings. The van der Waals surface area contributed by atoms with Gasteiger partial charge in [-0.25, -0.2) is 14.4 Å². The van der Waals surface area contributed by atoms with Crippen molar-refractivity contribution < 1.29 is 52.3 Å². The van der Waals surface area contributed by atoms with E-state index in [1.165, 1.54) is 12.1 Å². The van der Waals surface area contributed by atoms with Crippen molar-refractivity contribution in [1.29, 1.82) is 0 Å². The summed E-state index contributed by atoms with van der Waals surface area (Å²) in [6, 6.07) is 3.28. The number of carbonyl (C=O) groups excluding carboxylic acids is 4. The van der Waals surface area contributed by atoms with Crippen molar-refractivity contribution in [3.05, 3.63) is 23.8 Å². The van der Waals surface area contributed by atoms with Gasteiger partial charge in [-0.1, -0.05) is 52.5 Å². The molecule has 0 saturated heterocycles. The lowest BCUT2D eigenvalue weighted by atomic mass is 10.1. The van der Waals surface area contributed by atoms with Gasteiger partial charge in [0.2, 0.25) is 0 Å². The molecule has 1 aromatic rings. The first kappa shape index (κ1) is 37.5. The fourth-order valence-corrected chi connectivity index (χ4v) is 3.82. The minimum atomic E-state index is -1.10. The molecule has 1 aromatic carbocycles. The van der Waals surface area contributed by atoms with E-state index in [0.29, 0.717) is 18.4 Å². The molecule has 2 unspecified atom stereocenters. The van der Waals surface area contributed by atoms with Gasteiger partial charge in [0.05, 0.1) is 6.61 Å². The fourth-order valence-electron chi connectivity index (χ4n) is 3.82. The average molecular weight is 612 g/mol. The number of carbonyl (C=O) groups is 4. The molecule has 0 saturated carbocycles. The molecule has 12 heteroatoms. The first-order chi connectivity index (χ1) is 20.4. The third-order valence-electron chi connectivity index (χ3n) is 6.35. The van der Waals surface area contributed by atoms with Gasteiger partial charge in [0.15, 0.2) is 11.5 Å². The van der Waals surface area contributed by atoms with Gasteiger partial charge in [0.25, 0.3) is 0 Å². The van der Waals surface area contributed by atoms with Crippen LogP contribution in [0.3, 0.4) is 0 Å². The summed E-state index contributed by atoms with van der Waals surface area (Å²) in [7, 11) is 0. The van der Waals surface area contributed by atoms with E-state index < -0.39 is 42.7 Å². The van der Waals surface area contributed by atoms with Gasteiger partial charge in [-0.3, -0.25) is 4.79 Å². The highest BCUT2D eigenvalue weighted by Gasteiger charge is 2.26. The molecule has 0 bridgehead atoms. The molecule has 0 spiro atoms. The van der Waals surface area contributed by atoms with Crippen molar-refractivity contribution in [2.45, 2.75) is 130 Å². The summed E-state index contributed by atoms with van der Waals surface area (Å²) in [6.07, 6.45) is 0.488. The van der Waals surface area contributed by atoms with Crippen molar-refractivity contribution in [2.75, 3.05) is 6.61 Å². The topological polar surface area (TPSA) is 159 Å². The Bertz CT molecular complexity index is 1020. The van der Waals surface area contributed by atoms with Crippen LogP contribution in [0.4, 0.5) is 14.4 Å². The highest BCUT2D eigenvalue weighted by atomic mass is 16.8. The van der Waals surface area contributed by atoms with Crippen LogP contribution >= 0.6 is 0 Å². The molecule has 244 valence electrons. The van der Waals surface area contributed by atoms with E-state index in [-0.39, 0.29) is 36.7 Å². The van der Waals surface area contributed by atoms with E-state index in [2.05, 4.69) is 0 Å². The molecule has 12 nitrogen and oxygen atoms in total. The van der Waals surface area contributed by atoms with Crippen LogP contribution in [-0.2, 0) is 34.9 Å². The molecule has 5 atom stereocenters. The van der Waals surface area contributed by atoms with Crippen LogP contribution in [0.1, 0.15) is 99.0 Å². The standard InChI is InChI=1S/C31H49NO11/c1-8-11-12-17-37-29(34)41-23(7)22(6)40-28(33)25(32)18-24-15-16-26(42-30(35)38-20(4)13-9-2)27(19-24)43-31(36)39-21(5)14-10-3/h15-16,19-23,25H,8-14,17-18,32H2,1-7H3/t20?,21?,22-,23-,25-/m0/s1. The zero-order valence-corrected chi connectivity index (χ0v) is 26.6. The molecule has 0 aliphatic carbocycles. The van der Waals surface area contributed by atoms with Gasteiger partial charge in [0, 0.05) is 0 Å². The Morgan fingerprint density at radius 3 is 1.81 bits per heavy atom. The number of hydrogen-bond donors (Lipinski definition) is 1. The Balaban J connectivity index is 2.90. The predicted molar refractivity (Wildman–Crippen MR) is 158 cm³/mol. The summed E-state index contributed by atoms with van der Waals surface area (Å²) >= 11 is 0. The summed E-state index contributed by atoms with van der Waals surface area (Å²) < 4.78 is 36.8. The van der Waals surface area contributed by atoms with Gasteiger partial charge in [0.1, 0.15) is 30.5 Å². The third-order valence-corrected chi connectivity index (χ3v) is 6.35. The molecule has 0 fully saturated rings.